The number of rotatable bonds is 4. The topological polar surface area (TPSA) is 61.4 Å². The van der Waals surface area contributed by atoms with E-state index >= 15 is 0 Å². The van der Waals surface area contributed by atoms with Crippen molar-refractivity contribution in [3.8, 4) is 0 Å². The maximum absolute atomic E-state index is 12.5. The molecule has 0 heterocycles. The number of aliphatic hydroxyl groups is 1. The number of halogens is 1. The first-order chi connectivity index (χ1) is 7.22. The minimum Gasteiger partial charge on any atom is -0.396 e. The second-order valence-electron chi connectivity index (χ2n) is 2.96. The third kappa shape index (κ3) is 4.42. The summed E-state index contributed by atoms with van der Waals surface area (Å²) in [6.45, 7) is 0.445. The van der Waals surface area contributed by atoms with Gasteiger partial charge in [-0.1, -0.05) is 0 Å². The van der Waals surface area contributed by atoms with E-state index in [9.17, 15) is 9.18 Å². The second kappa shape index (κ2) is 5.98. The van der Waals surface area contributed by atoms with Gasteiger partial charge in [0.25, 0.3) is 0 Å². The molecule has 0 saturated carbocycles. The fourth-order valence-corrected chi connectivity index (χ4v) is 0.989. The van der Waals surface area contributed by atoms with Crippen molar-refractivity contribution in [3.63, 3.8) is 0 Å². The van der Waals surface area contributed by atoms with Gasteiger partial charge in [0.1, 0.15) is 5.82 Å². The monoisotopic (exact) mass is 212 g/mol. The Morgan fingerprint density at radius 3 is 2.60 bits per heavy atom. The molecule has 2 amide bonds. The molecule has 0 unspecified atom stereocenters. The molecule has 5 heteroatoms. The lowest BCUT2D eigenvalue weighted by molar-refractivity contribution is 0.249. The molecule has 0 aliphatic heterocycles. The third-order valence-electron chi connectivity index (χ3n) is 1.72. The van der Waals surface area contributed by atoms with E-state index in [-0.39, 0.29) is 18.5 Å². The number of urea groups is 1. The number of carbonyl (C=O) groups is 1. The Bertz CT molecular complexity index is 314. The SMILES string of the molecule is O=C(NCCCO)Nc1ccc(F)cc1. The first kappa shape index (κ1) is 11.5. The Kier molecular flexibility index (Phi) is 4.56. The lowest BCUT2D eigenvalue weighted by Crippen LogP contribution is -2.29. The van der Waals surface area contributed by atoms with Gasteiger partial charge >= 0.3 is 6.03 Å². The maximum Gasteiger partial charge on any atom is 0.319 e. The summed E-state index contributed by atoms with van der Waals surface area (Å²) in [5.41, 5.74) is 0.526. The van der Waals surface area contributed by atoms with Crippen LogP contribution in [0.25, 0.3) is 0 Å². The Morgan fingerprint density at radius 1 is 1.33 bits per heavy atom. The standard InChI is InChI=1S/C10H13FN2O2/c11-8-2-4-9(5-3-8)13-10(15)12-6-1-7-14/h2-5,14H,1,6-7H2,(H2,12,13,15). The Labute approximate surface area is 87.1 Å². The van der Waals surface area contributed by atoms with E-state index in [1.54, 1.807) is 0 Å². The summed E-state index contributed by atoms with van der Waals surface area (Å²) in [4.78, 5) is 11.2. The average Bonchev–Trinajstić information content (AvgIpc) is 2.22. The van der Waals surface area contributed by atoms with Crippen LogP contribution in [0.15, 0.2) is 24.3 Å². The number of nitrogens with one attached hydrogen (secondary N) is 2. The predicted octanol–water partition coefficient (Wildman–Crippen LogP) is 1.33. The van der Waals surface area contributed by atoms with Gasteiger partial charge in [-0.3, -0.25) is 0 Å². The fourth-order valence-electron chi connectivity index (χ4n) is 0.989. The summed E-state index contributed by atoms with van der Waals surface area (Å²) in [7, 11) is 0. The summed E-state index contributed by atoms with van der Waals surface area (Å²) in [5, 5.41) is 13.6. The van der Waals surface area contributed by atoms with Crippen molar-refractivity contribution in [2.75, 3.05) is 18.5 Å². The van der Waals surface area contributed by atoms with Gasteiger partial charge in [-0.15, -0.1) is 0 Å². The van der Waals surface area contributed by atoms with E-state index in [2.05, 4.69) is 10.6 Å². The quantitative estimate of drug-likeness (QED) is 0.659. The summed E-state index contributed by atoms with van der Waals surface area (Å²) in [6.07, 6.45) is 0.511. The van der Waals surface area contributed by atoms with Gasteiger partial charge in [0.15, 0.2) is 0 Å². The summed E-state index contributed by atoms with van der Waals surface area (Å²) >= 11 is 0. The van der Waals surface area contributed by atoms with Crippen molar-refractivity contribution >= 4 is 11.7 Å². The summed E-state index contributed by atoms with van der Waals surface area (Å²) < 4.78 is 12.5. The molecule has 0 aliphatic carbocycles. The van der Waals surface area contributed by atoms with Crippen molar-refractivity contribution < 1.29 is 14.3 Å². The van der Waals surface area contributed by atoms with Gasteiger partial charge in [0.2, 0.25) is 0 Å². The molecule has 0 spiro atoms. The van der Waals surface area contributed by atoms with E-state index < -0.39 is 0 Å². The molecular weight excluding hydrogens is 199 g/mol. The van der Waals surface area contributed by atoms with Crippen LogP contribution in [0.3, 0.4) is 0 Å². The van der Waals surface area contributed by atoms with Crippen molar-refractivity contribution in [1.82, 2.24) is 5.32 Å². The number of amides is 2. The van der Waals surface area contributed by atoms with Crippen LogP contribution < -0.4 is 10.6 Å². The molecule has 0 fully saturated rings. The molecule has 1 rings (SSSR count). The average molecular weight is 212 g/mol. The Balaban J connectivity index is 2.34. The van der Waals surface area contributed by atoms with Crippen LogP contribution in [0.1, 0.15) is 6.42 Å². The van der Waals surface area contributed by atoms with E-state index in [4.69, 9.17) is 5.11 Å². The normalized spacial score (nSPS) is 9.73. The molecule has 15 heavy (non-hydrogen) atoms. The molecule has 0 saturated heterocycles. The molecule has 0 atom stereocenters. The summed E-state index contributed by atoms with van der Waals surface area (Å²) in [5.74, 6) is -0.346. The van der Waals surface area contributed by atoms with Crippen LogP contribution in [-0.4, -0.2) is 24.3 Å². The van der Waals surface area contributed by atoms with Gasteiger partial charge in [-0.05, 0) is 30.7 Å². The molecular formula is C10H13FN2O2. The van der Waals surface area contributed by atoms with E-state index in [1.807, 2.05) is 0 Å². The third-order valence-corrected chi connectivity index (χ3v) is 1.72. The van der Waals surface area contributed by atoms with Gasteiger partial charge < -0.3 is 15.7 Å². The lowest BCUT2D eigenvalue weighted by Gasteiger charge is -2.06. The highest BCUT2D eigenvalue weighted by Gasteiger charge is 2.00. The second-order valence-corrected chi connectivity index (χ2v) is 2.96. The van der Waals surface area contributed by atoms with Crippen LogP contribution in [0, 0.1) is 5.82 Å². The van der Waals surface area contributed by atoms with Gasteiger partial charge in [0, 0.05) is 18.8 Å². The molecule has 0 aliphatic rings. The lowest BCUT2D eigenvalue weighted by atomic mass is 10.3. The van der Waals surface area contributed by atoms with Crippen LogP contribution in [-0.2, 0) is 0 Å². The molecule has 4 nitrogen and oxygen atoms in total. The van der Waals surface area contributed by atoms with Crippen LogP contribution in [0.2, 0.25) is 0 Å². The van der Waals surface area contributed by atoms with Crippen molar-refractivity contribution in [2.45, 2.75) is 6.42 Å². The largest absolute Gasteiger partial charge is 0.396 e. The minimum absolute atomic E-state index is 0.0385. The number of benzene rings is 1. The first-order valence-electron chi connectivity index (χ1n) is 4.63. The Morgan fingerprint density at radius 2 is 2.00 bits per heavy atom. The zero-order chi connectivity index (χ0) is 11.1. The van der Waals surface area contributed by atoms with E-state index in [1.165, 1.54) is 24.3 Å². The molecule has 0 radical (unpaired) electrons. The molecule has 3 N–H and O–H groups in total. The number of carbonyl (C=O) groups excluding carboxylic acids is 1. The fraction of sp³-hybridized carbons (Fsp3) is 0.300. The molecule has 1 aromatic carbocycles. The molecule has 82 valence electrons. The predicted molar refractivity (Wildman–Crippen MR) is 55.1 cm³/mol. The Hall–Kier alpha value is -1.62. The summed E-state index contributed by atoms with van der Waals surface area (Å²) in [6, 6.07) is 5.12. The van der Waals surface area contributed by atoms with E-state index in [0.29, 0.717) is 18.7 Å². The van der Waals surface area contributed by atoms with Crippen LogP contribution in [0.4, 0.5) is 14.9 Å². The van der Waals surface area contributed by atoms with Crippen molar-refractivity contribution in [3.05, 3.63) is 30.1 Å². The molecule has 1 aromatic rings. The maximum atomic E-state index is 12.5. The minimum atomic E-state index is -0.366. The number of hydrogen-bond donors (Lipinski definition) is 3. The highest BCUT2D eigenvalue weighted by molar-refractivity contribution is 5.89. The number of aliphatic hydroxyl groups excluding tert-OH is 1. The first-order valence-corrected chi connectivity index (χ1v) is 4.63. The number of hydrogen-bond acceptors (Lipinski definition) is 2. The zero-order valence-electron chi connectivity index (χ0n) is 8.16. The van der Waals surface area contributed by atoms with E-state index in [0.717, 1.165) is 0 Å². The van der Waals surface area contributed by atoms with Crippen LogP contribution >= 0.6 is 0 Å². The smallest absolute Gasteiger partial charge is 0.319 e. The highest BCUT2D eigenvalue weighted by Crippen LogP contribution is 2.07. The number of anilines is 1. The van der Waals surface area contributed by atoms with Crippen molar-refractivity contribution in [1.29, 1.82) is 0 Å². The zero-order valence-corrected chi connectivity index (χ0v) is 8.16. The van der Waals surface area contributed by atoms with Crippen LogP contribution in [0.5, 0.6) is 0 Å². The molecule has 0 bridgehead atoms. The van der Waals surface area contributed by atoms with Gasteiger partial charge in [-0.2, -0.15) is 0 Å². The van der Waals surface area contributed by atoms with Gasteiger partial charge in [0.05, 0.1) is 0 Å². The molecule has 0 aromatic heterocycles. The highest BCUT2D eigenvalue weighted by atomic mass is 19.1. The van der Waals surface area contributed by atoms with Crippen molar-refractivity contribution in [2.24, 2.45) is 0 Å². The van der Waals surface area contributed by atoms with Gasteiger partial charge in [-0.25, -0.2) is 9.18 Å².